The number of rotatable bonds is 1. The molecule has 0 bridgehead atoms. The molecule has 0 saturated carbocycles. The Balaban J connectivity index is 2.81. The zero-order valence-corrected chi connectivity index (χ0v) is 8.68. The van der Waals surface area contributed by atoms with Crippen molar-refractivity contribution in [1.82, 2.24) is 9.97 Å². The minimum absolute atomic E-state index is 0.209. The van der Waals surface area contributed by atoms with Crippen molar-refractivity contribution in [2.45, 2.75) is 6.54 Å². The van der Waals surface area contributed by atoms with Gasteiger partial charge in [0.15, 0.2) is 0 Å². The molecule has 1 heterocycles. The molecule has 3 nitrogen and oxygen atoms in total. The summed E-state index contributed by atoms with van der Waals surface area (Å²) >= 11 is 11.6. The monoisotopic (exact) mass is 227 g/mol. The number of nitrogens with two attached hydrogens (primary N) is 1. The van der Waals surface area contributed by atoms with Crippen LogP contribution in [0.4, 0.5) is 0 Å². The van der Waals surface area contributed by atoms with Crippen molar-refractivity contribution in [2.75, 3.05) is 0 Å². The summed E-state index contributed by atoms with van der Waals surface area (Å²) < 4.78 is 0. The number of benzene rings is 1. The Labute approximate surface area is 90.9 Å². The van der Waals surface area contributed by atoms with Crippen LogP contribution in [0.2, 0.25) is 10.3 Å². The van der Waals surface area contributed by atoms with E-state index in [4.69, 9.17) is 28.9 Å². The molecule has 14 heavy (non-hydrogen) atoms. The predicted octanol–water partition coefficient (Wildman–Crippen LogP) is 2.40. The highest BCUT2D eigenvalue weighted by Gasteiger charge is 2.05. The third-order valence-electron chi connectivity index (χ3n) is 1.90. The van der Waals surface area contributed by atoms with Crippen molar-refractivity contribution in [3.63, 3.8) is 0 Å². The molecule has 5 heteroatoms. The molecule has 0 unspecified atom stereocenters. The summed E-state index contributed by atoms with van der Waals surface area (Å²) in [6.45, 7) is 0.319. The van der Waals surface area contributed by atoms with Gasteiger partial charge in [-0.15, -0.1) is 0 Å². The molecule has 0 spiro atoms. The molecule has 1 aromatic carbocycles. The van der Waals surface area contributed by atoms with Gasteiger partial charge in [-0.25, -0.2) is 9.97 Å². The van der Waals surface area contributed by atoms with Gasteiger partial charge in [-0.05, 0) is 29.8 Å². The fourth-order valence-corrected chi connectivity index (χ4v) is 1.65. The molecule has 0 aliphatic carbocycles. The van der Waals surface area contributed by atoms with Crippen molar-refractivity contribution < 1.29 is 0 Å². The highest BCUT2D eigenvalue weighted by atomic mass is 35.5. The molecular weight excluding hydrogens is 221 g/mol. The van der Waals surface area contributed by atoms with Gasteiger partial charge in [0, 0.05) is 17.0 Å². The number of nitrogens with zero attached hydrogens (tertiary/aromatic N) is 2. The fourth-order valence-electron chi connectivity index (χ4n) is 1.29. The van der Waals surface area contributed by atoms with E-state index in [1.807, 2.05) is 0 Å². The van der Waals surface area contributed by atoms with Crippen LogP contribution < -0.4 is 5.73 Å². The third-order valence-corrected chi connectivity index (χ3v) is 2.31. The first-order valence-electron chi connectivity index (χ1n) is 4.02. The lowest BCUT2D eigenvalue weighted by atomic mass is 10.2. The molecule has 0 saturated heterocycles. The quantitative estimate of drug-likeness (QED) is 0.762. The SMILES string of the molecule is NCc1nc(Cl)nc2ccc(Cl)cc12. The molecule has 2 rings (SSSR count). The Kier molecular flexibility index (Phi) is 2.54. The second-order valence-electron chi connectivity index (χ2n) is 2.80. The average molecular weight is 228 g/mol. The number of hydrogen-bond donors (Lipinski definition) is 1. The van der Waals surface area contributed by atoms with Gasteiger partial charge < -0.3 is 5.73 Å². The maximum atomic E-state index is 5.86. The van der Waals surface area contributed by atoms with Crippen molar-refractivity contribution in [2.24, 2.45) is 5.73 Å². The fraction of sp³-hybridized carbons (Fsp3) is 0.111. The van der Waals surface area contributed by atoms with Crippen LogP contribution in [0, 0.1) is 0 Å². The maximum Gasteiger partial charge on any atom is 0.223 e. The van der Waals surface area contributed by atoms with E-state index in [1.54, 1.807) is 18.2 Å². The molecule has 0 aliphatic rings. The van der Waals surface area contributed by atoms with E-state index in [2.05, 4.69) is 9.97 Å². The van der Waals surface area contributed by atoms with Gasteiger partial charge in [0.25, 0.3) is 0 Å². The van der Waals surface area contributed by atoms with Crippen LogP contribution in [0.15, 0.2) is 18.2 Å². The summed E-state index contributed by atoms with van der Waals surface area (Å²) in [5, 5.41) is 1.70. The number of hydrogen-bond acceptors (Lipinski definition) is 3. The number of aromatic nitrogens is 2. The Morgan fingerprint density at radius 3 is 2.71 bits per heavy atom. The van der Waals surface area contributed by atoms with Crippen molar-refractivity contribution in [3.05, 3.63) is 34.2 Å². The summed E-state index contributed by atoms with van der Waals surface area (Å²) in [5.41, 5.74) is 7.01. The molecule has 72 valence electrons. The molecule has 2 N–H and O–H groups in total. The molecule has 0 amide bonds. The van der Waals surface area contributed by atoms with Crippen molar-refractivity contribution in [3.8, 4) is 0 Å². The molecular formula is C9H7Cl2N3. The molecule has 2 aromatic rings. The van der Waals surface area contributed by atoms with E-state index >= 15 is 0 Å². The van der Waals surface area contributed by atoms with E-state index in [-0.39, 0.29) is 5.28 Å². The first kappa shape index (κ1) is 9.65. The van der Waals surface area contributed by atoms with Crippen LogP contribution in [-0.4, -0.2) is 9.97 Å². The second kappa shape index (κ2) is 3.69. The van der Waals surface area contributed by atoms with Gasteiger partial charge in [-0.3, -0.25) is 0 Å². The maximum absolute atomic E-state index is 5.86. The molecule has 0 fully saturated rings. The van der Waals surface area contributed by atoms with E-state index in [0.29, 0.717) is 17.3 Å². The Morgan fingerprint density at radius 2 is 2.00 bits per heavy atom. The van der Waals surface area contributed by atoms with Crippen molar-refractivity contribution in [1.29, 1.82) is 0 Å². The summed E-state index contributed by atoms with van der Waals surface area (Å²) in [4.78, 5) is 8.10. The van der Waals surface area contributed by atoms with E-state index in [0.717, 1.165) is 10.9 Å². The molecule has 0 atom stereocenters. The van der Waals surface area contributed by atoms with Gasteiger partial charge in [-0.1, -0.05) is 11.6 Å². The summed E-state index contributed by atoms with van der Waals surface area (Å²) in [5.74, 6) is 0. The van der Waals surface area contributed by atoms with Gasteiger partial charge >= 0.3 is 0 Å². The van der Waals surface area contributed by atoms with E-state index in [1.165, 1.54) is 0 Å². The van der Waals surface area contributed by atoms with Crippen molar-refractivity contribution >= 4 is 34.1 Å². The number of halogens is 2. The van der Waals surface area contributed by atoms with Crippen LogP contribution in [0.5, 0.6) is 0 Å². The first-order valence-corrected chi connectivity index (χ1v) is 4.78. The Morgan fingerprint density at radius 1 is 1.21 bits per heavy atom. The van der Waals surface area contributed by atoms with Gasteiger partial charge in [0.1, 0.15) is 0 Å². The minimum atomic E-state index is 0.209. The van der Waals surface area contributed by atoms with E-state index < -0.39 is 0 Å². The third kappa shape index (κ3) is 1.66. The Hall–Kier alpha value is -0.900. The highest BCUT2D eigenvalue weighted by molar-refractivity contribution is 6.31. The van der Waals surface area contributed by atoms with Crippen LogP contribution in [-0.2, 0) is 6.54 Å². The summed E-state index contributed by atoms with van der Waals surface area (Å²) in [7, 11) is 0. The normalized spacial score (nSPS) is 10.8. The molecule has 0 radical (unpaired) electrons. The van der Waals surface area contributed by atoms with Crippen LogP contribution in [0.3, 0.4) is 0 Å². The minimum Gasteiger partial charge on any atom is -0.325 e. The lowest BCUT2D eigenvalue weighted by Crippen LogP contribution is -2.02. The lowest BCUT2D eigenvalue weighted by Gasteiger charge is -2.03. The molecule has 1 aromatic heterocycles. The topological polar surface area (TPSA) is 51.8 Å². The zero-order valence-electron chi connectivity index (χ0n) is 7.17. The first-order chi connectivity index (χ1) is 6.70. The summed E-state index contributed by atoms with van der Waals surface area (Å²) in [6.07, 6.45) is 0. The van der Waals surface area contributed by atoms with Crippen LogP contribution in [0.25, 0.3) is 10.9 Å². The summed E-state index contributed by atoms with van der Waals surface area (Å²) in [6, 6.07) is 5.34. The number of fused-ring (bicyclic) bond motifs is 1. The highest BCUT2D eigenvalue weighted by Crippen LogP contribution is 2.21. The van der Waals surface area contributed by atoms with Gasteiger partial charge in [0.2, 0.25) is 5.28 Å². The molecule has 0 aliphatic heterocycles. The van der Waals surface area contributed by atoms with Gasteiger partial charge in [-0.2, -0.15) is 0 Å². The predicted molar refractivity (Wildman–Crippen MR) is 57.4 cm³/mol. The largest absolute Gasteiger partial charge is 0.325 e. The van der Waals surface area contributed by atoms with Gasteiger partial charge in [0.05, 0.1) is 11.2 Å². The lowest BCUT2D eigenvalue weighted by molar-refractivity contribution is 0.991. The standard InChI is InChI=1S/C9H7Cl2N3/c10-5-1-2-7-6(3-5)8(4-12)14-9(11)13-7/h1-3H,4,12H2. The smallest absolute Gasteiger partial charge is 0.223 e. The van der Waals surface area contributed by atoms with Crippen LogP contribution in [0.1, 0.15) is 5.69 Å². The van der Waals surface area contributed by atoms with E-state index in [9.17, 15) is 0 Å². The van der Waals surface area contributed by atoms with Crippen LogP contribution >= 0.6 is 23.2 Å². The average Bonchev–Trinajstić information content (AvgIpc) is 2.17. The Bertz CT molecular complexity index is 485. The zero-order chi connectivity index (χ0) is 10.1. The second-order valence-corrected chi connectivity index (χ2v) is 3.58.